The molecule has 1 aromatic heterocycles. The van der Waals surface area contributed by atoms with Crippen LogP contribution in [0.25, 0.3) is 0 Å². The van der Waals surface area contributed by atoms with Gasteiger partial charge in [0.15, 0.2) is 5.82 Å². The van der Waals surface area contributed by atoms with E-state index in [0.29, 0.717) is 23.4 Å². The molecule has 1 aromatic carbocycles. The Morgan fingerprint density at radius 2 is 1.90 bits per heavy atom. The third kappa shape index (κ3) is 4.88. The minimum Gasteiger partial charge on any atom is -0.491 e. The van der Waals surface area contributed by atoms with Gasteiger partial charge >= 0.3 is 0 Å². The third-order valence-electron chi connectivity index (χ3n) is 2.51. The molecule has 5 nitrogen and oxygen atoms in total. The van der Waals surface area contributed by atoms with Crippen LogP contribution in [0.15, 0.2) is 30.3 Å². The van der Waals surface area contributed by atoms with Crippen LogP contribution in [0.2, 0.25) is 5.15 Å². The van der Waals surface area contributed by atoms with Gasteiger partial charge in [-0.1, -0.05) is 11.6 Å². The van der Waals surface area contributed by atoms with E-state index in [2.05, 4.69) is 15.3 Å². The standard InChI is InChI=1S/C15H18ClN3O2/c1-10(2)21-12-6-4-11(5-7-12)17-14-8-13(16)18-15(19-14)9-20-3/h4-8,10H,9H2,1-3H3,(H,17,18,19). The first-order valence-electron chi connectivity index (χ1n) is 6.63. The summed E-state index contributed by atoms with van der Waals surface area (Å²) in [6.07, 6.45) is 0.154. The Hall–Kier alpha value is -1.85. The average molecular weight is 308 g/mol. The van der Waals surface area contributed by atoms with E-state index in [4.69, 9.17) is 21.1 Å². The number of methoxy groups -OCH3 is 1. The number of nitrogens with zero attached hydrogens (tertiary/aromatic N) is 2. The maximum atomic E-state index is 5.97. The van der Waals surface area contributed by atoms with Crippen molar-refractivity contribution in [2.75, 3.05) is 12.4 Å². The van der Waals surface area contributed by atoms with Crippen LogP contribution in [0, 0.1) is 0 Å². The van der Waals surface area contributed by atoms with E-state index in [9.17, 15) is 0 Å². The highest BCUT2D eigenvalue weighted by atomic mass is 35.5. The maximum absolute atomic E-state index is 5.97. The lowest BCUT2D eigenvalue weighted by Crippen LogP contribution is -2.05. The first kappa shape index (κ1) is 15.5. The molecule has 0 atom stereocenters. The Bertz CT molecular complexity index is 588. The molecule has 0 aliphatic rings. The van der Waals surface area contributed by atoms with Crippen LogP contribution in [-0.2, 0) is 11.3 Å². The van der Waals surface area contributed by atoms with Gasteiger partial charge in [-0.3, -0.25) is 0 Å². The molecule has 0 saturated carbocycles. The van der Waals surface area contributed by atoms with E-state index in [1.165, 1.54) is 0 Å². The monoisotopic (exact) mass is 307 g/mol. The second kappa shape index (κ2) is 7.24. The van der Waals surface area contributed by atoms with Crippen LogP contribution in [0.1, 0.15) is 19.7 Å². The molecule has 0 bridgehead atoms. The van der Waals surface area contributed by atoms with E-state index in [1.54, 1.807) is 13.2 Å². The summed E-state index contributed by atoms with van der Waals surface area (Å²) in [7, 11) is 1.59. The molecular weight excluding hydrogens is 290 g/mol. The maximum Gasteiger partial charge on any atom is 0.158 e. The molecule has 112 valence electrons. The number of anilines is 2. The summed E-state index contributed by atoms with van der Waals surface area (Å²) < 4.78 is 10.6. The lowest BCUT2D eigenvalue weighted by molar-refractivity contribution is 0.178. The van der Waals surface area contributed by atoms with E-state index < -0.39 is 0 Å². The third-order valence-corrected chi connectivity index (χ3v) is 2.71. The highest BCUT2D eigenvalue weighted by Crippen LogP contribution is 2.21. The molecule has 0 amide bonds. The minimum absolute atomic E-state index is 0.154. The van der Waals surface area contributed by atoms with Crippen molar-refractivity contribution in [3.63, 3.8) is 0 Å². The zero-order valence-electron chi connectivity index (χ0n) is 12.3. The normalized spacial score (nSPS) is 10.7. The van der Waals surface area contributed by atoms with Crippen LogP contribution in [0.5, 0.6) is 5.75 Å². The summed E-state index contributed by atoms with van der Waals surface area (Å²) in [5.74, 6) is 1.99. The lowest BCUT2D eigenvalue weighted by Gasteiger charge is -2.11. The predicted molar refractivity (Wildman–Crippen MR) is 83.2 cm³/mol. The fourth-order valence-corrected chi connectivity index (χ4v) is 1.96. The molecule has 0 aliphatic carbocycles. The number of hydrogen-bond donors (Lipinski definition) is 1. The summed E-state index contributed by atoms with van der Waals surface area (Å²) in [5, 5.41) is 3.55. The molecule has 21 heavy (non-hydrogen) atoms. The number of ether oxygens (including phenoxy) is 2. The van der Waals surface area contributed by atoms with Gasteiger partial charge in [0, 0.05) is 18.9 Å². The van der Waals surface area contributed by atoms with Crippen molar-refractivity contribution in [3.8, 4) is 5.75 Å². The molecule has 1 N–H and O–H groups in total. The van der Waals surface area contributed by atoms with E-state index in [1.807, 2.05) is 38.1 Å². The zero-order valence-corrected chi connectivity index (χ0v) is 13.0. The second-order valence-corrected chi connectivity index (χ2v) is 5.13. The van der Waals surface area contributed by atoms with Gasteiger partial charge in [0.25, 0.3) is 0 Å². The predicted octanol–water partition coefficient (Wildman–Crippen LogP) is 3.81. The highest BCUT2D eigenvalue weighted by molar-refractivity contribution is 6.29. The summed E-state index contributed by atoms with van der Waals surface area (Å²) in [5.41, 5.74) is 0.893. The highest BCUT2D eigenvalue weighted by Gasteiger charge is 2.04. The number of nitrogens with one attached hydrogen (secondary N) is 1. The largest absolute Gasteiger partial charge is 0.491 e. The summed E-state index contributed by atoms with van der Waals surface area (Å²) in [6.45, 7) is 4.30. The molecule has 0 fully saturated rings. The van der Waals surface area contributed by atoms with Crippen LogP contribution in [0.3, 0.4) is 0 Å². The molecule has 0 radical (unpaired) electrons. The number of hydrogen-bond acceptors (Lipinski definition) is 5. The molecule has 0 unspecified atom stereocenters. The molecule has 2 rings (SSSR count). The summed E-state index contributed by atoms with van der Waals surface area (Å²) in [4.78, 5) is 8.41. The topological polar surface area (TPSA) is 56.3 Å². The van der Waals surface area contributed by atoms with Gasteiger partial charge in [-0.2, -0.15) is 0 Å². The SMILES string of the molecule is COCc1nc(Cl)cc(Nc2ccc(OC(C)C)cc2)n1. The van der Waals surface area contributed by atoms with Crippen molar-refractivity contribution >= 4 is 23.1 Å². The van der Waals surface area contributed by atoms with Crippen molar-refractivity contribution in [2.45, 2.75) is 26.6 Å². The number of halogens is 1. The summed E-state index contributed by atoms with van der Waals surface area (Å²) in [6, 6.07) is 9.31. The smallest absolute Gasteiger partial charge is 0.158 e. The number of aromatic nitrogens is 2. The van der Waals surface area contributed by atoms with E-state index >= 15 is 0 Å². The van der Waals surface area contributed by atoms with Gasteiger partial charge in [-0.15, -0.1) is 0 Å². The van der Waals surface area contributed by atoms with Gasteiger partial charge < -0.3 is 14.8 Å². The van der Waals surface area contributed by atoms with Crippen LogP contribution in [0.4, 0.5) is 11.5 Å². The van der Waals surface area contributed by atoms with Gasteiger partial charge in [0.2, 0.25) is 0 Å². The molecule has 0 spiro atoms. The molecule has 0 saturated heterocycles. The average Bonchev–Trinajstić information content (AvgIpc) is 2.40. The molecular formula is C15H18ClN3O2. The minimum atomic E-state index is 0.154. The van der Waals surface area contributed by atoms with E-state index in [-0.39, 0.29) is 6.10 Å². The van der Waals surface area contributed by atoms with Crippen molar-refractivity contribution < 1.29 is 9.47 Å². The summed E-state index contributed by atoms with van der Waals surface area (Å²) >= 11 is 5.97. The second-order valence-electron chi connectivity index (χ2n) is 4.74. The molecule has 0 aliphatic heterocycles. The van der Waals surface area contributed by atoms with Gasteiger partial charge in [0.05, 0.1) is 6.10 Å². The zero-order chi connectivity index (χ0) is 15.2. The van der Waals surface area contributed by atoms with Crippen LogP contribution < -0.4 is 10.1 Å². The molecule has 2 aromatic rings. The van der Waals surface area contributed by atoms with Crippen molar-refractivity contribution in [2.24, 2.45) is 0 Å². The number of benzene rings is 1. The Kier molecular flexibility index (Phi) is 5.36. The van der Waals surface area contributed by atoms with Crippen LogP contribution >= 0.6 is 11.6 Å². The van der Waals surface area contributed by atoms with Gasteiger partial charge in [0.1, 0.15) is 23.3 Å². The Morgan fingerprint density at radius 1 is 1.19 bits per heavy atom. The number of rotatable bonds is 6. The fourth-order valence-electron chi connectivity index (χ4n) is 1.76. The first-order valence-corrected chi connectivity index (χ1v) is 7.01. The lowest BCUT2D eigenvalue weighted by atomic mass is 10.3. The molecule has 1 heterocycles. The fraction of sp³-hybridized carbons (Fsp3) is 0.333. The quantitative estimate of drug-likeness (QED) is 0.822. The Morgan fingerprint density at radius 3 is 2.52 bits per heavy atom. The molecule has 6 heteroatoms. The first-order chi connectivity index (χ1) is 10.1. The van der Waals surface area contributed by atoms with Crippen molar-refractivity contribution in [1.29, 1.82) is 0 Å². The van der Waals surface area contributed by atoms with Crippen molar-refractivity contribution in [1.82, 2.24) is 9.97 Å². The van der Waals surface area contributed by atoms with Crippen LogP contribution in [-0.4, -0.2) is 23.2 Å². The van der Waals surface area contributed by atoms with E-state index in [0.717, 1.165) is 11.4 Å². The van der Waals surface area contributed by atoms with Gasteiger partial charge in [-0.05, 0) is 38.1 Å². The van der Waals surface area contributed by atoms with Gasteiger partial charge in [-0.25, -0.2) is 9.97 Å². The van der Waals surface area contributed by atoms with Crippen molar-refractivity contribution in [3.05, 3.63) is 41.3 Å². The Labute approximate surface area is 129 Å². The Balaban J connectivity index is 2.10.